The summed E-state index contributed by atoms with van der Waals surface area (Å²) in [6.45, 7) is 14.7. The predicted octanol–water partition coefficient (Wildman–Crippen LogP) is 2.90. The van der Waals surface area contributed by atoms with Gasteiger partial charge < -0.3 is 10.2 Å². The van der Waals surface area contributed by atoms with E-state index in [-0.39, 0.29) is 24.4 Å². The maximum atomic E-state index is 12.6. The molecule has 1 aromatic carbocycles. The van der Waals surface area contributed by atoms with Gasteiger partial charge in [-0.15, -0.1) is 0 Å². The first kappa shape index (κ1) is 21.2. The summed E-state index contributed by atoms with van der Waals surface area (Å²) in [6.07, 6.45) is 0. The number of likely N-dealkylation sites (N-methyl/N-ethyl adjacent to an activating group) is 1. The molecular weight excluding hydrogens is 314 g/mol. The third-order valence-electron chi connectivity index (χ3n) is 4.18. The van der Waals surface area contributed by atoms with Gasteiger partial charge in [0.15, 0.2) is 0 Å². The molecule has 1 aromatic rings. The molecule has 0 aliphatic carbocycles. The number of nitrogens with zero attached hydrogens (tertiary/aromatic N) is 2. The van der Waals surface area contributed by atoms with Gasteiger partial charge in [0.1, 0.15) is 0 Å². The Hall–Kier alpha value is -1.88. The molecule has 0 atom stereocenters. The number of carbonyl (C=O) groups excluding carboxylic acids is 2. The molecule has 0 saturated heterocycles. The molecular formula is C20H33N3O2. The van der Waals surface area contributed by atoms with Crippen molar-refractivity contribution in [1.29, 1.82) is 0 Å². The summed E-state index contributed by atoms with van der Waals surface area (Å²) in [5.74, 6) is -0.235. The fourth-order valence-electron chi connectivity index (χ4n) is 2.70. The van der Waals surface area contributed by atoms with E-state index in [0.717, 1.165) is 13.1 Å². The Morgan fingerprint density at radius 3 is 2.04 bits per heavy atom. The van der Waals surface area contributed by atoms with Crippen molar-refractivity contribution in [2.45, 2.75) is 60.2 Å². The predicted molar refractivity (Wildman–Crippen MR) is 103 cm³/mol. The van der Waals surface area contributed by atoms with Crippen LogP contribution in [0.5, 0.6) is 0 Å². The third-order valence-corrected chi connectivity index (χ3v) is 4.18. The van der Waals surface area contributed by atoms with Crippen molar-refractivity contribution in [2.75, 3.05) is 19.6 Å². The first-order valence-electron chi connectivity index (χ1n) is 9.20. The van der Waals surface area contributed by atoms with Gasteiger partial charge in [-0.2, -0.15) is 0 Å². The van der Waals surface area contributed by atoms with Gasteiger partial charge in [0.05, 0.1) is 6.54 Å². The SMILES string of the molecule is CCN(CC(=O)NC(C)C)C(=O)c1ccc(CN(CC)C(C)C)cc1. The van der Waals surface area contributed by atoms with Gasteiger partial charge >= 0.3 is 0 Å². The van der Waals surface area contributed by atoms with Crippen LogP contribution in [0.2, 0.25) is 0 Å². The minimum absolute atomic E-state index is 0.0723. The average Bonchev–Trinajstić information content (AvgIpc) is 2.56. The fraction of sp³-hybridized carbons (Fsp3) is 0.600. The van der Waals surface area contributed by atoms with Crippen molar-refractivity contribution in [3.8, 4) is 0 Å². The molecule has 1 rings (SSSR count). The Morgan fingerprint density at radius 1 is 1.00 bits per heavy atom. The van der Waals surface area contributed by atoms with Crippen LogP contribution in [0.4, 0.5) is 0 Å². The normalized spacial score (nSPS) is 11.2. The maximum absolute atomic E-state index is 12.6. The third kappa shape index (κ3) is 6.86. The second kappa shape index (κ2) is 10.2. The molecule has 0 heterocycles. The monoisotopic (exact) mass is 347 g/mol. The minimum Gasteiger partial charge on any atom is -0.352 e. The summed E-state index contributed by atoms with van der Waals surface area (Å²) in [5.41, 5.74) is 1.81. The van der Waals surface area contributed by atoms with E-state index in [0.29, 0.717) is 18.2 Å². The summed E-state index contributed by atoms with van der Waals surface area (Å²) in [4.78, 5) is 28.5. The van der Waals surface area contributed by atoms with Gasteiger partial charge in [-0.05, 0) is 58.9 Å². The molecule has 5 nitrogen and oxygen atoms in total. The zero-order valence-electron chi connectivity index (χ0n) is 16.5. The van der Waals surface area contributed by atoms with Crippen LogP contribution in [0.1, 0.15) is 57.5 Å². The number of hydrogen-bond donors (Lipinski definition) is 1. The van der Waals surface area contributed by atoms with E-state index in [1.165, 1.54) is 5.56 Å². The summed E-state index contributed by atoms with van der Waals surface area (Å²) >= 11 is 0. The van der Waals surface area contributed by atoms with Crippen molar-refractivity contribution >= 4 is 11.8 Å². The lowest BCUT2D eigenvalue weighted by Gasteiger charge is -2.25. The topological polar surface area (TPSA) is 52.7 Å². The summed E-state index contributed by atoms with van der Waals surface area (Å²) in [6, 6.07) is 8.27. The Labute approximate surface area is 152 Å². The smallest absolute Gasteiger partial charge is 0.254 e. The first-order chi connectivity index (χ1) is 11.8. The number of carbonyl (C=O) groups is 2. The second-order valence-electron chi connectivity index (χ2n) is 6.90. The highest BCUT2D eigenvalue weighted by molar-refractivity contribution is 5.96. The summed E-state index contributed by atoms with van der Waals surface area (Å²) in [5, 5.41) is 2.82. The van der Waals surface area contributed by atoms with Crippen LogP contribution in [-0.2, 0) is 11.3 Å². The van der Waals surface area contributed by atoms with E-state index in [4.69, 9.17) is 0 Å². The number of amides is 2. The van der Waals surface area contributed by atoms with Crippen LogP contribution in [0, 0.1) is 0 Å². The number of rotatable bonds is 9. The molecule has 25 heavy (non-hydrogen) atoms. The quantitative estimate of drug-likeness (QED) is 0.747. The Bertz CT molecular complexity index is 553. The zero-order chi connectivity index (χ0) is 19.0. The summed E-state index contributed by atoms with van der Waals surface area (Å²) < 4.78 is 0. The van der Waals surface area contributed by atoms with E-state index >= 15 is 0 Å². The Balaban J connectivity index is 2.75. The molecule has 0 aliphatic heterocycles. The molecule has 0 fully saturated rings. The van der Waals surface area contributed by atoms with E-state index in [1.807, 2.05) is 45.0 Å². The van der Waals surface area contributed by atoms with E-state index in [2.05, 4.69) is 31.0 Å². The molecule has 0 radical (unpaired) electrons. The first-order valence-corrected chi connectivity index (χ1v) is 9.20. The van der Waals surface area contributed by atoms with Crippen molar-refractivity contribution in [2.24, 2.45) is 0 Å². The van der Waals surface area contributed by atoms with Crippen LogP contribution >= 0.6 is 0 Å². The van der Waals surface area contributed by atoms with Gasteiger partial charge in [0.2, 0.25) is 5.91 Å². The van der Waals surface area contributed by atoms with E-state index < -0.39 is 0 Å². The zero-order valence-corrected chi connectivity index (χ0v) is 16.5. The van der Waals surface area contributed by atoms with Crippen molar-refractivity contribution in [3.63, 3.8) is 0 Å². The highest BCUT2D eigenvalue weighted by Gasteiger charge is 2.18. The molecule has 0 saturated carbocycles. The molecule has 0 unspecified atom stereocenters. The molecule has 0 aliphatic rings. The molecule has 0 aromatic heterocycles. The van der Waals surface area contributed by atoms with Crippen LogP contribution in [0.3, 0.4) is 0 Å². The van der Waals surface area contributed by atoms with Crippen molar-refractivity contribution in [1.82, 2.24) is 15.1 Å². The molecule has 2 amide bonds. The molecule has 5 heteroatoms. The van der Waals surface area contributed by atoms with Crippen LogP contribution in [0.15, 0.2) is 24.3 Å². The van der Waals surface area contributed by atoms with Crippen molar-refractivity contribution < 1.29 is 9.59 Å². The standard InChI is InChI=1S/C20H33N3O2/c1-7-22(16(5)6)13-17-9-11-18(12-10-17)20(25)23(8-2)14-19(24)21-15(3)4/h9-12,15-16H,7-8,13-14H2,1-6H3,(H,21,24). The van der Waals surface area contributed by atoms with Crippen LogP contribution in [-0.4, -0.2) is 53.3 Å². The van der Waals surface area contributed by atoms with Gasteiger partial charge in [-0.1, -0.05) is 19.1 Å². The van der Waals surface area contributed by atoms with Crippen molar-refractivity contribution in [3.05, 3.63) is 35.4 Å². The number of benzene rings is 1. The largest absolute Gasteiger partial charge is 0.352 e. The lowest BCUT2D eigenvalue weighted by molar-refractivity contribution is -0.122. The molecule has 0 spiro atoms. The Kier molecular flexibility index (Phi) is 8.62. The fourth-order valence-corrected chi connectivity index (χ4v) is 2.70. The van der Waals surface area contributed by atoms with E-state index in [9.17, 15) is 9.59 Å². The molecule has 140 valence electrons. The lowest BCUT2D eigenvalue weighted by Crippen LogP contribution is -2.42. The highest BCUT2D eigenvalue weighted by atomic mass is 16.2. The number of hydrogen-bond acceptors (Lipinski definition) is 3. The Morgan fingerprint density at radius 2 is 1.60 bits per heavy atom. The van der Waals surface area contributed by atoms with Gasteiger partial charge in [0, 0.05) is 30.7 Å². The van der Waals surface area contributed by atoms with Gasteiger partial charge in [0.25, 0.3) is 5.91 Å². The van der Waals surface area contributed by atoms with Crippen LogP contribution < -0.4 is 5.32 Å². The average molecular weight is 348 g/mol. The summed E-state index contributed by atoms with van der Waals surface area (Å²) in [7, 11) is 0. The lowest BCUT2D eigenvalue weighted by atomic mass is 10.1. The molecule has 0 bridgehead atoms. The highest BCUT2D eigenvalue weighted by Crippen LogP contribution is 2.11. The number of nitrogens with one attached hydrogen (secondary N) is 1. The van der Waals surface area contributed by atoms with E-state index in [1.54, 1.807) is 4.90 Å². The minimum atomic E-state index is -0.127. The van der Waals surface area contributed by atoms with Gasteiger partial charge in [-0.3, -0.25) is 14.5 Å². The van der Waals surface area contributed by atoms with Crippen LogP contribution in [0.25, 0.3) is 0 Å². The van der Waals surface area contributed by atoms with Gasteiger partial charge in [-0.25, -0.2) is 0 Å². The molecule has 1 N–H and O–H groups in total. The second-order valence-corrected chi connectivity index (χ2v) is 6.90. The maximum Gasteiger partial charge on any atom is 0.254 e.